The standard InChI is InChI=1S/C13H20N2O2/c1-16-12-4-3-10(7-12)15-11-5-9(14)6-13(8-11)17-2/h5-6,8,10,12,15H,3-4,7,14H2,1-2H3. The minimum atomic E-state index is 0.385. The Morgan fingerprint density at radius 2 is 2.06 bits per heavy atom. The molecule has 2 rings (SSSR count). The second-order valence-corrected chi connectivity index (χ2v) is 4.51. The van der Waals surface area contributed by atoms with Crippen molar-refractivity contribution in [2.45, 2.75) is 31.4 Å². The molecule has 17 heavy (non-hydrogen) atoms. The zero-order valence-corrected chi connectivity index (χ0v) is 10.4. The second kappa shape index (κ2) is 5.27. The molecule has 1 saturated carbocycles. The SMILES string of the molecule is COc1cc(N)cc(NC2CCC(OC)C2)c1. The van der Waals surface area contributed by atoms with E-state index >= 15 is 0 Å². The van der Waals surface area contributed by atoms with Crippen molar-refractivity contribution in [1.29, 1.82) is 0 Å². The maximum atomic E-state index is 5.82. The Morgan fingerprint density at radius 1 is 1.24 bits per heavy atom. The normalized spacial score (nSPS) is 23.6. The third-order valence-corrected chi connectivity index (χ3v) is 3.25. The van der Waals surface area contributed by atoms with E-state index in [4.69, 9.17) is 15.2 Å². The van der Waals surface area contributed by atoms with Crippen LogP contribution in [0, 0.1) is 0 Å². The molecule has 0 aromatic heterocycles. The molecule has 1 aliphatic carbocycles. The summed E-state index contributed by atoms with van der Waals surface area (Å²) >= 11 is 0. The first-order valence-electron chi connectivity index (χ1n) is 5.95. The molecule has 2 unspecified atom stereocenters. The maximum absolute atomic E-state index is 5.82. The highest BCUT2D eigenvalue weighted by molar-refractivity contribution is 5.59. The van der Waals surface area contributed by atoms with E-state index < -0.39 is 0 Å². The van der Waals surface area contributed by atoms with Crippen LogP contribution in [0.25, 0.3) is 0 Å². The number of methoxy groups -OCH3 is 2. The van der Waals surface area contributed by atoms with Crippen molar-refractivity contribution >= 4 is 11.4 Å². The van der Waals surface area contributed by atoms with Gasteiger partial charge in [0.25, 0.3) is 0 Å². The van der Waals surface area contributed by atoms with Gasteiger partial charge in [-0.15, -0.1) is 0 Å². The van der Waals surface area contributed by atoms with E-state index in [1.807, 2.05) is 18.2 Å². The van der Waals surface area contributed by atoms with Crippen molar-refractivity contribution in [3.8, 4) is 5.75 Å². The largest absolute Gasteiger partial charge is 0.497 e. The van der Waals surface area contributed by atoms with Gasteiger partial charge in [-0.1, -0.05) is 0 Å². The van der Waals surface area contributed by atoms with Crippen LogP contribution in [-0.4, -0.2) is 26.4 Å². The van der Waals surface area contributed by atoms with Crippen LogP contribution in [0.2, 0.25) is 0 Å². The molecular formula is C13H20N2O2. The first kappa shape index (κ1) is 12.0. The van der Waals surface area contributed by atoms with Gasteiger partial charge in [0.1, 0.15) is 5.75 Å². The highest BCUT2D eigenvalue weighted by Gasteiger charge is 2.24. The Kier molecular flexibility index (Phi) is 3.74. The molecule has 1 aliphatic rings. The van der Waals surface area contributed by atoms with E-state index in [2.05, 4.69) is 5.32 Å². The number of hydrogen-bond donors (Lipinski definition) is 2. The van der Waals surface area contributed by atoms with Gasteiger partial charge in [0.15, 0.2) is 0 Å². The fourth-order valence-electron chi connectivity index (χ4n) is 2.34. The maximum Gasteiger partial charge on any atom is 0.122 e. The van der Waals surface area contributed by atoms with E-state index in [0.29, 0.717) is 17.8 Å². The van der Waals surface area contributed by atoms with Crippen LogP contribution in [0.5, 0.6) is 5.75 Å². The molecule has 0 radical (unpaired) electrons. The van der Waals surface area contributed by atoms with Gasteiger partial charge >= 0.3 is 0 Å². The molecule has 1 aromatic carbocycles. The summed E-state index contributed by atoms with van der Waals surface area (Å²) in [7, 11) is 3.42. The van der Waals surface area contributed by atoms with Crippen molar-refractivity contribution in [1.82, 2.24) is 0 Å². The number of nitrogens with two attached hydrogens (primary N) is 1. The van der Waals surface area contributed by atoms with Gasteiger partial charge < -0.3 is 20.5 Å². The van der Waals surface area contributed by atoms with Gasteiger partial charge in [-0.05, 0) is 25.3 Å². The summed E-state index contributed by atoms with van der Waals surface area (Å²) in [6.07, 6.45) is 3.69. The molecule has 0 bridgehead atoms. The second-order valence-electron chi connectivity index (χ2n) is 4.51. The van der Waals surface area contributed by atoms with Gasteiger partial charge in [0, 0.05) is 36.7 Å². The summed E-state index contributed by atoms with van der Waals surface area (Å²) in [5, 5.41) is 3.48. The molecular weight excluding hydrogens is 216 g/mol. The summed E-state index contributed by atoms with van der Waals surface area (Å²) in [4.78, 5) is 0. The molecule has 0 saturated heterocycles. The smallest absolute Gasteiger partial charge is 0.122 e. The quantitative estimate of drug-likeness (QED) is 0.787. The first-order valence-corrected chi connectivity index (χ1v) is 5.95. The number of ether oxygens (including phenoxy) is 2. The number of anilines is 2. The number of benzene rings is 1. The third kappa shape index (κ3) is 3.03. The van der Waals surface area contributed by atoms with Gasteiger partial charge in [0.05, 0.1) is 13.2 Å². The number of rotatable bonds is 4. The summed E-state index contributed by atoms with van der Waals surface area (Å²) < 4.78 is 10.6. The van der Waals surface area contributed by atoms with Crippen LogP contribution in [0.4, 0.5) is 11.4 Å². The lowest BCUT2D eigenvalue weighted by Crippen LogP contribution is -2.17. The van der Waals surface area contributed by atoms with Gasteiger partial charge in [-0.2, -0.15) is 0 Å². The van der Waals surface area contributed by atoms with Crippen molar-refractivity contribution < 1.29 is 9.47 Å². The van der Waals surface area contributed by atoms with E-state index in [-0.39, 0.29) is 0 Å². The van der Waals surface area contributed by atoms with Crippen molar-refractivity contribution in [3.05, 3.63) is 18.2 Å². The predicted octanol–water partition coefficient (Wildman–Crippen LogP) is 2.26. The highest BCUT2D eigenvalue weighted by Crippen LogP contribution is 2.28. The molecule has 0 spiro atoms. The number of nitrogens with one attached hydrogen (secondary N) is 1. The van der Waals surface area contributed by atoms with Gasteiger partial charge in [-0.25, -0.2) is 0 Å². The van der Waals surface area contributed by atoms with Crippen molar-refractivity contribution in [2.24, 2.45) is 0 Å². The lowest BCUT2D eigenvalue weighted by atomic mass is 10.2. The van der Waals surface area contributed by atoms with Crippen LogP contribution in [0.3, 0.4) is 0 Å². The van der Waals surface area contributed by atoms with Crippen LogP contribution in [-0.2, 0) is 4.74 Å². The van der Waals surface area contributed by atoms with Crippen LogP contribution >= 0.6 is 0 Å². The van der Waals surface area contributed by atoms with E-state index in [9.17, 15) is 0 Å². The fourth-order valence-corrected chi connectivity index (χ4v) is 2.34. The van der Waals surface area contributed by atoms with Gasteiger partial charge in [-0.3, -0.25) is 0 Å². The van der Waals surface area contributed by atoms with E-state index in [1.165, 1.54) is 0 Å². The molecule has 1 aromatic rings. The first-order chi connectivity index (χ1) is 8.21. The molecule has 94 valence electrons. The summed E-state index contributed by atoms with van der Waals surface area (Å²) in [6.45, 7) is 0. The Morgan fingerprint density at radius 3 is 2.71 bits per heavy atom. The average Bonchev–Trinajstić information content (AvgIpc) is 2.76. The Hall–Kier alpha value is -1.42. The summed E-state index contributed by atoms with van der Waals surface area (Å²) in [5.74, 6) is 0.786. The zero-order valence-electron chi connectivity index (χ0n) is 10.4. The molecule has 1 fully saturated rings. The average molecular weight is 236 g/mol. The zero-order chi connectivity index (χ0) is 12.3. The molecule has 2 atom stereocenters. The number of nitrogen functional groups attached to an aromatic ring is 1. The van der Waals surface area contributed by atoms with E-state index in [1.54, 1.807) is 14.2 Å². The minimum Gasteiger partial charge on any atom is -0.497 e. The Balaban J connectivity index is 2.01. The number of hydrogen-bond acceptors (Lipinski definition) is 4. The lowest BCUT2D eigenvalue weighted by molar-refractivity contribution is 0.108. The summed E-state index contributed by atoms with van der Waals surface area (Å²) in [5.41, 5.74) is 7.55. The lowest BCUT2D eigenvalue weighted by Gasteiger charge is -2.15. The highest BCUT2D eigenvalue weighted by atomic mass is 16.5. The molecule has 0 heterocycles. The van der Waals surface area contributed by atoms with Crippen molar-refractivity contribution in [3.63, 3.8) is 0 Å². The summed E-state index contributed by atoms with van der Waals surface area (Å²) in [6, 6.07) is 6.18. The molecule has 4 nitrogen and oxygen atoms in total. The van der Waals surface area contributed by atoms with Gasteiger partial charge in [0.2, 0.25) is 0 Å². The minimum absolute atomic E-state index is 0.385. The Labute approximate surface area is 102 Å². The third-order valence-electron chi connectivity index (χ3n) is 3.25. The molecule has 3 N–H and O–H groups in total. The van der Waals surface area contributed by atoms with Crippen LogP contribution < -0.4 is 15.8 Å². The molecule has 0 amide bonds. The topological polar surface area (TPSA) is 56.5 Å². The van der Waals surface area contributed by atoms with Crippen LogP contribution in [0.1, 0.15) is 19.3 Å². The molecule has 0 aliphatic heterocycles. The van der Waals surface area contributed by atoms with Crippen LogP contribution in [0.15, 0.2) is 18.2 Å². The molecule has 4 heteroatoms. The fraction of sp³-hybridized carbons (Fsp3) is 0.538. The van der Waals surface area contributed by atoms with Crippen molar-refractivity contribution in [2.75, 3.05) is 25.3 Å². The Bertz CT molecular complexity index is 382. The van der Waals surface area contributed by atoms with E-state index in [0.717, 1.165) is 30.7 Å². The predicted molar refractivity (Wildman–Crippen MR) is 69.5 cm³/mol. The monoisotopic (exact) mass is 236 g/mol.